The Morgan fingerprint density at radius 3 is 2.59 bits per heavy atom. The predicted octanol–water partition coefficient (Wildman–Crippen LogP) is 3.45. The summed E-state index contributed by atoms with van der Waals surface area (Å²) in [6, 6.07) is 6.62. The molecule has 3 nitrogen and oxygen atoms in total. The summed E-state index contributed by atoms with van der Waals surface area (Å²) in [6.45, 7) is 0. The number of hydrogen-bond donors (Lipinski definition) is 1. The molecule has 2 rings (SSSR count). The predicted molar refractivity (Wildman–Crippen MR) is 69.5 cm³/mol. The molecule has 0 unspecified atom stereocenters. The summed E-state index contributed by atoms with van der Waals surface area (Å²) >= 11 is 12.0. The minimum absolute atomic E-state index is 0.378. The number of rotatable bonds is 2. The molecule has 0 fully saturated rings. The van der Waals surface area contributed by atoms with Crippen LogP contribution in [0.25, 0.3) is 11.3 Å². The summed E-state index contributed by atoms with van der Waals surface area (Å²) in [5.74, 6) is 0. The zero-order valence-electron chi connectivity index (χ0n) is 8.65. The second-order valence-corrected chi connectivity index (χ2v) is 4.24. The van der Waals surface area contributed by atoms with Gasteiger partial charge in [0.2, 0.25) is 0 Å². The molecule has 2 N–H and O–H groups in total. The summed E-state index contributed by atoms with van der Waals surface area (Å²) in [7, 11) is 0. The molecule has 86 valence electrons. The van der Waals surface area contributed by atoms with Crippen LogP contribution in [0.15, 0.2) is 30.5 Å². The Morgan fingerprint density at radius 2 is 2.00 bits per heavy atom. The zero-order valence-corrected chi connectivity index (χ0v) is 10.2. The van der Waals surface area contributed by atoms with E-state index in [4.69, 9.17) is 28.9 Å². The molecular weight excluding hydrogens is 259 g/mol. The quantitative estimate of drug-likeness (QED) is 0.669. The highest BCUT2D eigenvalue weighted by Gasteiger charge is 2.09. The highest BCUT2D eigenvalue weighted by Crippen LogP contribution is 2.34. The largest absolute Gasteiger partial charge is 0.399 e. The smallest absolute Gasteiger partial charge is 0.151 e. The number of pyridine rings is 1. The zero-order chi connectivity index (χ0) is 12.4. The fourth-order valence-corrected chi connectivity index (χ4v) is 1.86. The highest BCUT2D eigenvalue weighted by molar-refractivity contribution is 6.43. The molecule has 0 atom stereocenters. The third kappa shape index (κ3) is 2.40. The number of carbonyl (C=O) groups excluding carboxylic acids is 1. The van der Waals surface area contributed by atoms with Crippen molar-refractivity contribution in [2.75, 3.05) is 5.73 Å². The topological polar surface area (TPSA) is 56.0 Å². The van der Waals surface area contributed by atoms with E-state index in [1.54, 1.807) is 24.3 Å². The Hall–Kier alpha value is -1.58. The molecule has 0 saturated carbocycles. The van der Waals surface area contributed by atoms with Crippen LogP contribution >= 0.6 is 23.2 Å². The first-order chi connectivity index (χ1) is 8.11. The van der Waals surface area contributed by atoms with E-state index >= 15 is 0 Å². The first-order valence-corrected chi connectivity index (χ1v) is 5.53. The molecule has 1 aromatic carbocycles. The second-order valence-electron chi connectivity index (χ2n) is 3.46. The molecule has 1 heterocycles. The van der Waals surface area contributed by atoms with E-state index in [9.17, 15) is 4.79 Å². The molecule has 1 aromatic heterocycles. The van der Waals surface area contributed by atoms with Gasteiger partial charge in [-0.3, -0.25) is 9.78 Å². The third-order valence-electron chi connectivity index (χ3n) is 2.25. The minimum Gasteiger partial charge on any atom is -0.399 e. The summed E-state index contributed by atoms with van der Waals surface area (Å²) in [5.41, 5.74) is 7.97. The maximum absolute atomic E-state index is 10.5. The SMILES string of the molecule is Nc1cc(Cl)c(Cl)c(-c2ccc(C=O)cn2)c1. The van der Waals surface area contributed by atoms with E-state index in [2.05, 4.69) is 4.98 Å². The maximum Gasteiger partial charge on any atom is 0.151 e. The van der Waals surface area contributed by atoms with Crippen molar-refractivity contribution in [3.05, 3.63) is 46.1 Å². The number of anilines is 1. The Morgan fingerprint density at radius 1 is 1.24 bits per heavy atom. The molecule has 2 aromatic rings. The van der Waals surface area contributed by atoms with Gasteiger partial charge in [0.1, 0.15) is 0 Å². The van der Waals surface area contributed by atoms with Gasteiger partial charge >= 0.3 is 0 Å². The Labute approximate surface area is 108 Å². The monoisotopic (exact) mass is 266 g/mol. The van der Waals surface area contributed by atoms with Crippen LogP contribution in [0.2, 0.25) is 10.0 Å². The van der Waals surface area contributed by atoms with Gasteiger partial charge in [-0.25, -0.2) is 0 Å². The average molecular weight is 267 g/mol. The van der Waals surface area contributed by atoms with Gasteiger partial charge in [-0.1, -0.05) is 23.2 Å². The van der Waals surface area contributed by atoms with Crippen molar-refractivity contribution in [1.29, 1.82) is 0 Å². The van der Waals surface area contributed by atoms with Crippen molar-refractivity contribution in [1.82, 2.24) is 4.98 Å². The fourth-order valence-electron chi connectivity index (χ4n) is 1.43. The van der Waals surface area contributed by atoms with Gasteiger partial charge in [0, 0.05) is 23.0 Å². The molecule has 0 aliphatic heterocycles. The third-order valence-corrected chi connectivity index (χ3v) is 3.05. The Kier molecular flexibility index (Phi) is 3.31. The van der Waals surface area contributed by atoms with Crippen LogP contribution < -0.4 is 5.73 Å². The van der Waals surface area contributed by atoms with Crippen molar-refractivity contribution in [2.45, 2.75) is 0 Å². The van der Waals surface area contributed by atoms with Gasteiger partial charge in [0.25, 0.3) is 0 Å². The molecular formula is C12H8Cl2N2O. The number of hydrogen-bond acceptors (Lipinski definition) is 3. The van der Waals surface area contributed by atoms with E-state index < -0.39 is 0 Å². The molecule has 0 aliphatic carbocycles. The van der Waals surface area contributed by atoms with E-state index in [-0.39, 0.29) is 0 Å². The Balaban J connectivity index is 2.55. The van der Waals surface area contributed by atoms with E-state index in [0.717, 1.165) is 6.29 Å². The highest BCUT2D eigenvalue weighted by atomic mass is 35.5. The summed E-state index contributed by atoms with van der Waals surface area (Å²) in [4.78, 5) is 14.7. The normalized spacial score (nSPS) is 10.2. The number of halogens is 2. The van der Waals surface area contributed by atoms with E-state index in [1.165, 1.54) is 6.20 Å². The fraction of sp³-hybridized carbons (Fsp3) is 0. The molecule has 0 aliphatic rings. The summed E-state index contributed by atoms with van der Waals surface area (Å²) in [6.07, 6.45) is 2.19. The van der Waals surface area contributed by atoms with Gasteiger partial charge < -0.3 is 5.73 Å². The lowest BCUT2D eigenvalue weighted by molar-refractivity contribution is 0.112. The standard InChI is InChI=1S/C12H8Cl2N2O/c13-10-4-8(15)3-9(12(10)14)11-2-1-7(6-17)5-16-11/h1-6H,15H2. The lowest BCUT2D eigenvalue weighted by Crippen LogP contribution is -1.91. The first-order valence-electron chi connectivity index (χ1n) is 4.78. The number of aldehydes is 1. The van der Waals surface area contributed by atoms with Gasteiger partial charge in [-0.15, -0.1) is 0 Å². The van der Waals surface area contributed by atoms with Crippen LogP contribution in [0.3, 0.4) is 0 Å². The second kappa shape index (κ2) is 4.73. The molecule has 5 heteroatoms. The van der Waals surface area contributed by atoms with E-state index in [1.807, 2.05) is 0 Å². The minimum atomic E-state index is 0.378. The first kappa shape index (κ1) is 11.9. The van der Waals surface area contributed by atoms with E-state index in [0.29, 0.717) is 32.6 Å². The van der Waals surface area contributed by atoms with Crippen molar-refractivity contribution in [3.8, 4) is 11.3 Å². The van der Waals surface area contributed by atoms with Crippen molar-refractivity contribution in [2.24, 2.45) is 0 Å². The lowest BCUT2D eigenvalue weighted by atomic mass is 10.1. The van der Waals surface area contributed by atoms with Gasteiger partial charge in [-0.2, -0.15) is 0 Å². The molecule has 17 heavy (non-hydrogen) atoms. The maximum atomic E-state index is 10.5. The number of nitrogens with two attached hydrogens (primary N) is 1. The van der Waals surface area contributed by atoms with Gasteiger partial charge in [-0.05, 0) is 24.3 Å². The summed E-state index contributed by atoms with van der Waals surface area (Å²) < 4.78 is 0. The molecule has 0 spiro atoms. The van der Waals surface area contributed by atoms with Crippen LogP contribution in [-0.2, 0) is 0 Å². The van der Waals surface area contributed by atoms with Crippen LogP contribution in [0.4, 0.5) is 5.69 Å². The number of carbonyl (C=O) groups is 1. The average Bonchev–Trinajstić information content (AvgIpc) is 2.34. The van der Waals surface area contributed by atoms with Crippen LogP contribution in [-0.4, -0.2) is 11.3 Å². The van der Waals surface area contributed by atoms with Crippen LogP contribution in [0.1, 0.15) is 10.4 Å². The number of aromatic nitrogens is 1. The molecule has 0 saturated heterocycles. The van der Waals surface area contributed by atoms with Crippen LogP contribution in [0, 0.1) is 0 Å². The van der Waals surface area contributed by atoms with Crippen LogP contribution in [0.5, 0.6) is 0 Å². The lowest BCUT2D eigenvalue weighted by Gasteiger charge is -2.07. The van der Waals surface area contributed by atoms with Crippen molar-refractivity contribution in [3.63, 3.8) is 0 Å². The van der Waals surface area contributed by atoms with Crippen molar-refractivity contribution >= 4 is 35.2 Å². The van der Waals surface area contributed by atoms with Crippen molar-refractivity contribution < 1.29 is 4.79 Å². The summed E-state index contributed by atoms with van der Waals surface area (Å²) in [5, 5.41) is 0.773. The molecule has 0 amide bonds. The van der Waals surface area contributed by atoms with Gasteiger partial charge in [0.15, 0.2) is 6.29 Å². The number of benzene rings is 1. The Bertz CT molecular complexity index is 567. The van der Waals surface area contributed by atoms with Gasteiger partial charge in [0.05, 0.1) is 15.7 Å². The number of nitrogen functional groups attached to an aromatic ring is 1. The number of nitrogens with zero attached hydrogens (tertiary/aromatic N) is 1. The molecule has 0 bridgehead atoms. The molecule has 0 radical (unpaired) electrons.